The fraction of sp³-hybridized carbons (Fsp3) is 0.333. The van der Waals surface area contributed by atoms with Gasteiger partial charge in [0.2, 0.25) is 5.91 Å². The first kappa shape index (κ1) is 22.8. The molecule has 0 spiro atoms. The smallest absolute Gasteiger partial charge is 0.227 e. The monoisotopic (exact) mass is 510 g/mol. The Kier molecular flexibility index (Phi) is 8.56. The van der Waals surface area contributed by atoms with Crippen LogP contribution < -0.4 is 20.3 Å². The standard InChI is InChI=1S/C21H26N4O3.HI/c1-22-21(24-14-16-12-18(28-2)9-10-19(16)26)23-13-15-5-7-17(8-6-15)25-11-3-4-20(25)27;/h5-10,12,26H,3-4,11,13-14H2,1-2H3,(H2,22,23,24);1H. The van der Waals surface area contributed by atoms with Crippen molar-refractivity contribution >= 4 is 41.5 Å². The predicted molar refractivity (Wildman–Crippen MR) is 125 cm³/mol. The van der Waals surface area contributed by atoms with Crippen LogP contribution in [0.25, 0.3) is 0 Å². The highest BCUT2D eigenvalue weighted by molar-refractivity contribution is 14.0. The molecule has 7 nitrogen and oxygen atoms in total. The maximum absolute atomic E-state index is 11.8. The Hall–Kier alpha value is -2.49. The summed E-state index contributed by atoms with van der Waals surface area (Å²) < 4.78 is 5.19. The van der Waals surface area contributed by atoms with E-state index in [0.717, 1.165) is 29.8 Å². The summed E-state index contributed by atoms with van der Waals surface area (Å²) in [6.45, 7) is 1.81. The van der Waals surface area contributed by atoms with Gasteiger partial charge in [0.15, 0.2) is 5.96 Å². The maximum atomic E-state index is 11.8. The molecule has 0 unspecified atom stereocenters. The number of nitrogens with zero attached hydrogens (tertiary/aromatic N) is 2. The number of hydrogen-bond acceptors (Lipinski definition) is 4. The van der Waals surface area contributed by atoms with Gasteiger partial charge in [0.05, 0.1) is 7.11 Å². The van der Waals surface area contributed by atoms with Crippen LogP contribution in [0.15, 0.2) is 47.5 Å². The quantitative estimate of drug-likeness (QED) is 0.316. The zero-order chi connectivity index (χ0) is 19.9. The Morgan fingerprint density at radius 3 is 2.52 bits per heavy atom. The van der Waals surface area contributed by atoms with Crippen LogP contribution in [-0.4, -0.2) is 37.7 Å². The van der Waals surface area contributed by atoms with Gasteiger partial charge in [0.25, 0.3) is 0 Å². The lowest BCUT2D eigenvalue weighted by Crippen LogP contribution is -2.36. The molecule has 3 N–H and O–H groups in total. The summed E-state index contributed by atoms with van der Waals surface area (Å²) in [6, 6.07) is 13.1. The van der Waals surface area contributed by atoms with Crippen molar-refractivity contribution in [2.45, 2.75) is 25.9 Å². The molecule has 0 aliphatic carbocycles. The lowest BCUT2D eigenvalue weighted by atomic mass is 10.2. The molecular weight excluding hydrogens is 483 g/mol. The van der Waals surface area contributed by atoms with Gasteiger partial charge in [-0.15, -0.1) is 24.0 Å². The maximum Gasteiger partial charge on any atom is 0.227 e. The van der Waals surface area contributed by atoms with Crippen LogP contribution in [0.2, 0.25) is 0 Å². The van der Waals surface area contributed by atoms with Gasteiger partial charge in [0.1, 0.15) is 11.5 Å². The number of methoxy groups -OCH3 is 1. The second kappa shape index (κ2) is 10.9. The van der Waals surface area contributed by atoms with E-state index in [2.05, 4.69) is 15.6 Å². The van der Waals surface area contributed by atoms with E-state index in [1.54, 1.807) is 32.4 Å². The van der Waals surface area contributed by atoms with E-state index in [1.165, 1.54) is 0 Å². The van der Waals surface area contributed by atoms with Gasteiger partial charge in [-0.2, -0.15) is 0 Å². The van der Waals surface area contributed by atoms with Crippen molar-refractivity contribution in [1.82, 2.24) is 10.6 Å². The predicted octanol–water partition coefficient (Wildman–Crippen LogP) is 3.01. The molecule has 3 rings (SSSR count). The van der Waals surface area contributed by atoms with Crippen LogP contribution >= 0.6 is 24.0 Å². The van der Waals surface area contributed by atoms with Crippen LogP contribution in [0, 0.1) is 0 Å². The molecule has 156 valence electrons. The highest BCUT2D eigenvalue weighted by Gasteiger charge is 2.21. The average molecular weight is 510 g/mol. The third kappa shape index (κ3) is 5.99. The number of nitrogens with one attached hydrogen (secondary N) is 2. The van der Waals surface area contributed by atoms with Crippen LogP contribution in [0.4, 0.5) is 5.69 Å². The van der Waals surface area contributed by atoms with Gasteiger partial charge >= 0.3 is 0 Å². The van der Waals surface area contributed by atoms with E-state index in [1.807, 2.05) is 29.2 Å². The van der Waals surface area contributed by atoms with Crippen LogP contribution in [0.5, 0.6) is 11.5 Å². The Morgan fingerprint density at radius 1 is 1.17 bits per heavy atom. The highest BCUT2D eigenvalue weighted by atomic mass is 127. The normalized spacial score (nSPS) is 13.8. The summed E-state index contributed by atoms with van der Waals surface area (Å²) in [4.78, 5) is 17.9. The van der Waals surface area contributed by atoms with Crippen LogP contribution in [0.1, 0.15) is 24.0 Å². The van der Waals surface area contributed by atoms with E-state index in [4.69, 9.17) is 4.74 Å². The number of guanidine groups is 1. The first-order chi connectivity index (χ1) is 13.6. The second-order valence-electron chi connectivity index (χ2n) is 6.59. The molecule has 0 atom stereocenters. The van der Waals surface area contributed by atoms with E-state index in [-0.39, 0.29) is 35.6 Å². The molecule has 0 radical (unpaired) electrons. The number of rotatable bonds is 6. The fourth-order valence-electron chi connectivity index (χ4n) is 3.13. The third-order valence-corrected chi connectivity index (χ3v) is 4.74. The first-order valence-electron chi connectivity index (χ1n) is 9.30. The summed E-state index contributed by atoms with van der Waals surface area (Å²) >= 11 is 0. The van der Waals surface area contributed by atoms with E-state index < -0.39 is 0 Å². The third-order valence-electron chi connectivity index (χ3n) is 4.74. The van der Waals surface area contributed by atoms with Crippen molar-refractivity contribution in [3.63, 3.8) is 0 Å². The number of halogens is 1. The molecule has 2 aromatic rings. The Morgan fingerprint density at radius 2 is 1.90 bits per heavy atom. The van der Waals surface area contributed by atoms with Gasteiger partial charge in [-0.1, -0.05) is 12.1 Å². The lowest BCUT2D eigenvalue weighted by Gasteiger charge is -2.16. The van der Waals surface area contributed by atoms with Crippen molar-refractivity contribution in [3.05, 3.63) is 53.6 Å². The lowest BCUT2D eigenvalue weighted by molar-refractivity contribution is -0.117. The molecule has 1 fully saturated rings. The second-order valence-corrected chi connectivity index (χ2v) is 6.59. The van der Waals surface area contributed by atoms with E-state index >= 15 is 0 Å². The first-order valence-corrected chi connectivity index (χ1v) is 9.30. The number of anilines is 1. The number of phenolic OH excluding ortho intramolecular Hbond substituents is 1. The number of carbonyl (C=O) groups is 1. The minimum absolute atomic E-state index is 0. The number of phenols is 1. The summed E-state index contributed by atoms with van der Waals surface area (Å²) in [5.41, 5.74) is 2.76. The van der Waals surface area contributed by atoms with E-state index in [9.17, 15) is 9.90 Å². The molecule has 2 aromatic carbocycles. The minimum Gasteiger partial charge on any atom is -0.508 e. The number of hydrogen-bond donors (Lipinski definition) is 3. The number of benzene rings is 2. The number of aromatic hydroxyl groups is 1. The van der Waals surface area contributed by atoms with Crippen LogP contribution in [-0.2, 0) is 17.9 Å². The van der Waals surface area contributed by atoms with Gasteiger partial charge in [-0.3, -0.25) is 9.79 Å². The van der Waals surface area contributed by atoms with Crippen molar-refractivity contribution in [2.24, 2.45) is 4.99 Å². The fourth-order valence-corrected chi connectivity index (χ4v) is 3.13. The Balaban J connectivity index is 0.00000300. The summed E-state index contributed by atoms with van der Waals surface area (Å²) in [6.07, 6.45) is 1.56. The van der Waals surface area contributed by atoms with Crippen molar-refractivity contribution in [2.75, 3.05) is 25.6 Å². The summed E-state index contributed by atoms with van der Waals surface area (Å²) in [7, 11) is 3.29. The minimum atomic E-state index is 0. The molecule has 1 saturated heterocycles. The number of carbonyl (C=O) groups excluding carboxylic acids is 1. The molecule has 0 aromatic heterocycles. The summed E-state index contributed by atoms with van der Waals surface area (Å²) in [5.74, 6) is 1.71. The molecule has 0 bridgehead atoms. The molecular formula is C21H27IN4O3. The summed E-state index contributed by atoms with van der Waals surface area (Å²) in [5, 5.41) is 16.4. The Labute approximate surface area is 188 Å². The zero-order valence-corrected chi connectivity index (χ0v) is 19.0. The average Bonchev–Trinajstić information content (AvgIpc) is 3.15. The molecule has 1 aliphatic rings. The van der Waals surface area contributed by atoms with Gasteiger partial charge in [-0.25, -0.2) is 0 Å². The number of ether oxygens (including phenoxy) is 1. The van der Waals surface area contributed by atoms with E-state index in [0.29, 0.717) is 31.2 Å². The number of amides is 1. The molecule has 1 aliphatic heterocycles. The largest absolute Gasteiger partial charge is 0.508 e. The Bertz CT molecular complexity index is 856. The molecule has 8 heteroatoms. The molecule has 1 amide bonds. The van der Waals surface area contributed by atoms with Crippen molar-refractivity contribution < 1.29 is 14.6 Å². The van der Waals surface area contributed by atoms with Crippen molar-refractivity contribution in [1.29, 1.82) is 0 Å². The zero-order valence-electron chi connectivity index (χ0n) is 16.6. The molecule has 29 heavy (non-hydrogen) atoms. The van der Waals surface area contributed by atoms with Crippen LogP contribution in [0.3, 0.4) is 0 Å². The van der Waals surface area contributed by atoms with Gasteiger partial charge in [0, 0.05) is 44.4 Å². The number of aliphatic imine (C=N–C) groups is 1. The highest BCUT2D eigenvalue weighted by Crippen LogP contribution is 2.23. The molecule has 1 heterocycles. The van der Waals surface area contributed by atoms with Gasteiger partial charge < -0.3 is 25.4 Å². The SMILES string of the molecule is CN=C(NCc1ccc(N2CCCC2=O)cc1)NCc1cc(OC)ccc1O.I. The van der Waals surface area contributed by atoms with Gasteiger partial charge in [-0.05, 0) is 42.3 Å². The molecule has 0 saturated carbocycles. The topological polar surface area (TPSA) is 86.2 Å². The van der Waals surface area contributed by atoms with Crippen molar-refractivity contribution in [3.8, 4) is 11.5 Å².